The molecule has 1 saturated heterocycles. The van der Waals surface area contributed by atoms with E-state index >= 15 is 4.39 Å². The predicted molar refractivity (Wildman–Crippen MR) is 131 cm³/mol. The van der Waals surface area contributed by atoms with Crippen LogP contribution in [0.25, 0.3) is 0 Å². The number of amides is 1. The molecule has 0 N–H and O–H groups in total. The van der Waals surface area contributed by atoms with Gasteiger partial charge in [-0.15, -0.1) is 0 Å². The van der Waals surface area contributed by atoms with Crippen molar-refractivity contribution in [2.45, 2.75) is 97.6 Å². The number of halogens is 1. The van der Waals surface area contributed by atoms with Crippen molar-refractivity contribution in [3.05, 3.63) is 29.3 Å². The fourth-order valence-electron chi connectivity index (χ4n) is 4.88. The molecule has 31 heavy (non-hydrogen) atoms. The lowest BCUT2D eigenvalue weighted by Crippen LogP contribution is -2.43. The SMILES string of the molecule is CCCC(F)(CCC(C)CC)CN1CCC(c2ccc(C)c(N(C)C(=O)CC)c2)CC1. The van der Waals surface area contributed by atoms with Crippen molar-refractivity contribution < 1.29 is 9.18 Å². The summed E-state index contributed by atoms with van der Waals surface area (Å²) in [7, 11) is 1.87. The van der Waals surface area contributed by atoms with Crippen molar-refractivity contribution in [3.63, 3.8) is 0 Å². The van der Waals surface area contributed by atoms with Crippen molar-refractivity contribution in [2.75, 3.05) is 31.6 Å². The summed E-state index contributed by atoms with van der Waals surface area (Å²) in [6.45, 7) is 13.0. The Kier molecular flexibility index (Phi) is 9.99. The van der Waals surface area contributed by atoms with Gasteiger partial charge in [0.25, 0.3) is 0 Å². The largest absolute Gasteiger partial charge is 0.315 e. The molecule has 1 aliphatic heterocycles. The lowest BCUT2D eigenvalue weighted by Gasteiger charge is -2.37. The zero-order chi connectivity index (χ0) is 23.0. The van der Waals surface area contributed by atoms with Gasteiger partial charge in [0.15, 0.2) is 0 Å². The third kappa shape index (κ3) is 7.30. The summed E-state index contributed by atoms with van der Waals surface area (Å²) in [5.41, 5.74) is 2.41. The number of nitrogens with zero attached hydrogens (tertiary/aromatic N) is 2. The van der Waals surface area contributed by atoms with Gasteiger partial charge in [0.2, 0.25) is 5.91 Å². The molecule has 0 aliphatic carbocycles. The highest BCUT2D eigenvalue weighted by Crippen LogP contribution is 2.34. The molecule has 2 rings (SSSR count). The molecule has 3 nitrogen and oxygen atoms in total. The van der Waals surface area contributed by atoms with Gasteiger partial charge in [0.05, 0.1) is 0 Å². The van der Waals surface area contributed by atoms with Crippen LogP contribution in [-0.2, 0) is 4.79 Å². The van der Waals surface area contributed by atoms with Gasteiger partial charge in [0.1, 0.15) is 5.67 Å². The number of carbonyl (C=O) groups is 1. The van der Waals surface area contributed by atoms with E-state index in [1.54, 1.807) is 4.90 Å². The van der Waals surface area contributed by atoms with Crippen LogP contribution in [0.2, 0.25) is 0 Å². The first-order chi connectivity index (χ1) is 14.7. The summed E-state index contributed by atoms with van der Waals surface area (Å²) in [6.07, 6.45) is 7.01. The number of benzene rings is 1. The van der Waals surface area contributed by atoms with Gasteiger partial charge < -0.3 is 9.80 Å². The van der Waals surface area contributed by atoms with Crippen molar-refractivity contribution in [3.8, 4) is 0 Å². The lowest BCUT2D eigenvalue weighted by molar-refractivity contribution is -0.118. The van der Waals surface area contributed by atoms with Crippen LogP contribution in [-0.4, -0.2) is 43.2 Å². The van der Waals surface area contributed by atoms with E-state index in [9.17, 15) is 4.79 Å². The maximum Gasteiger partial charge on any atom is 0.226 e. The summed E-state index contributed by atoms with van der Waals surface area (Å²) in [6, 6.07) is 6.55. The monoisotopic (exact) mass is 432 g/mol. The number of rotatable bonds is 11. The van der Waals surface area contributed by atoms with Crippen LogP contribution < -0.4 is 4.90 Å². The van der Waals surface area contributed by atoms with Crippen molar-refractivity contribution in [2.24, 2.45) is 5.92 Å². The topological polar surface area (TPSA) is 23.6 Å². The smallest absolute Gasteiger partial charge is 0.226 e. The first-order valence-corrected chi connectivity index (χ1v) is 12.5. The van der Waals surface area contributed by atoms with E-state index < -0.39 is 5.67 Å². The number of likely N-dealkylation sites (tertiary alicyclic amines) is 1. The molecule has 0 aromatic heterocycles. The van der Waals surface area contributed by atoms with Crippen LogP contribution in [0, 0.1) is 12.8 Å². The molecule has 0 spiro atoms. The Labute approximate surface area is 190 Å². The second-order valence-electron chi connectivity index (χ2n) is 9.86. The highest BCUT2D eigenvalue weighted by Gasteiger charge is 2.33. The van der Waals surface area contributed by atoms with Gasteiger partial charge in [-0.3, -0.25) is 4.79 Å². The van der Waals surface area contributed by atoms with Gasteiger partial charge >= 0.3 is 0 Å². The van der Waals surface area contributed by atoms with Crippen LogP contribution in [0.3, 0.4) is 0 Å². The summed E-state index contributed by atoms with van der Waals surface area (Å²) in [4.78, 5) is 16.3. The van der Waals surface area contributed by atoms with E-state index in [2.05, 4.69) is 50.8 Å². The molecule has 1 aliphatic rings. The van der Waals surface area contributed by atoms with Crippen molar-refractivity contribution >= 4 is 11.6 Å². The molecule has 0 saturated carbocycles. The number of aryl methyl sites for hydroxylation is 1. The fourth-order valence-corrected chi connectivity index (χ4v) is 4.88. The number of anilines is 1. The molecule has 2 unspecified atom stereocenters. The Morgan fingerprint density at radius 1 is 1.23 bits per heavy atom. The average molecular weight is 433 g/mol. The highest BCUT2D eigenvalue weighted by atomic mass is 19.1. The van der Waals surface area contributed by atoms with Gasteiger partial charge in [-0.1, -0.05) is 52.7 Å². The second-order valence-corrected chi connectivity index (χ2v) is 9.86. The van der Waals surface area contributed by atoms with Gasteiger partial charge in [-0.25, -0.2) is 4.39 Å². The van der Waals surface area contributed by atoms with E-state index in [0.29, 0.717) is 37.6 Å². The quantitative estimate of drug-likeness (QED) is 0.380. The lowest BCUT2D eigenvalue weighted by atomic mass is 9.86. The summed E-state index contributed by atoms with van der Waals surface area (Å²) in [5, 5.41) is 0. The fraction of sp³-hybridized carbons (Fsp3) is 0.741. The molecule has 0 radical (unpaired) electrons. The molecule has 176 valence electrons. The third-order valence-electron chi connectivity index (χ3n) is 7.32. The Hall–Kier alpha value is -1.42. The van der Waals surface area contributed by atoms with Crippen LogP contribution in [0.4, 0.5) is 10.1 Å². The Bertz CT molecular complexity index is 698. The molecule has 0 bridgehead atoms. The minimum atomic E-state index is -1.05. The van der Waals surface area contributed by atoms with E-state index in [0.717, 1.165) is 56.4 Å². The van der Waals surface area contributed by atoms with Crippen molar-refractivity contribution in [1.29, 1.82) is 0 Å². The molecule has 1 aromatic rings. The van der Waals surface area contributed by atoms with Crippen LogP contribution in [0.5, 0.6) is 0 Å². The van der Waals surface area contributed by atoms with E-state index in [4.69, 9.17) is 0 Å². The van der Waals surface area contributed by atoms with Gasteiger partial charge in [-0.05, 0) is 81.1 Å². The Morgan fingerprint density at radius 3 is 2.48 bits per heavy atom. The molecular formula is C27H45FN2O. The molecule has 1 amide bonds. The normalized spacial score (nSPS) is 18.5. The zero-order valence-electron chi connectivity index (χ0n) is 20.8. The van der Waals surface area contributed by atoms with Gasteiger partial charge in [-0.2, -0.15) is 0 Å². The average Bonchev–Trinajstić information content (AvgIpc) is 2.77. The summed E-state index contributed by atoms with van der Waals surface area (Å²) < 4.78 is 15.7. The molecule has 1 heterocycles. The molecule has 4 heteroatoms. The number of hydrogen-bond acceptors (Lipinski definition) is 2. The first kappa shape index (κ1) is 25.8. The molecular weight excluding hydrogens is 387 g/mol. The van der Waals surface area contributed by atoms with Crippen LogP contribution in [0.1, 0.15) is 96.1 Å². The van der Waals surface area contributed by atoms with Crippen LogP contribution in [0.15, 0.2) is 18.2 Å². The number of piperidine rings is 1. The highest BCUT2D eigenvalue weighted by molar-refractivity contribution is 5.93. The second kappa shape index (κ2) is 12.0. The van der Waals surface area contributed by atoms with Crippen LogP contribution >= 0.6 is 0 Å². The molecule has 1 aromatic carbocycles. The number of carbonyl (C=O) groups excluding carboxylic acids is 1. The van der Waals surface area contributed by atoms with E-state index in [1.165, 1.54) is 5.56 Å². The van der Waals surface area contributed by atoms with E-state index in [1.807, 2.05) is 14.0 Å². The molecule has 1 fully saturated rings. The minimum Gasteiger partial charge on any atom is -0.315 e. The maximum absolute atomic E-state index is 15.7. The standard InChI is InChI=1S/C27H45FN2O/c1-7-15-27(28,16-12-21(4)8-2)20-30-17-13-23(14-18-30)24-11-10-22(5)25(19-24)29(6)26(31)9-3/h10-11,19,21,23H,7-9,12-18,20H2,1-6H3. The molecule has 2 atom stereocenters. The van der Waals surface area contributed by atoms with E-state index in [-0.39, 0.29) is 5.91 Å². The summed E-state index contributed by atoms with van der Waals surface area (Å²) >= 11 is 0. The number of hydrogen-bond donors (Lipinski definition) is 0. The summed E-state index contributed by atoms with van der Waals surface area (Å²) in [5.74, 6) is 1.23. The predicted octanol–water partition coefficient (Wildman–Crippen LogP) is 6.88. The Balaban J connectivity index is 1.99. The zero-order valence-corrected chi connectivity index (χ0v) is 20.8. The third-order valence-corrected chi connectivity index (χ3v) is 7.32. The minimum absolute atomic E-state index is 0.141. The maximum atomic E-state index is 15.7. The van der Waals surface area contributed by atoms with Gasteiger partial charge in [0, 0.05) is 25.7 Å². The Morgan fingerprint density at radius 2 is 1.90 bits per heavy atom. The first-order valence-electron chi connectivity index (χ1n) is 12.5. The number of alkyl halides is 1. The van der Waals surface area contributed by atoms with Crippen molar-refractivity contribution in [1.82, 2.24) is 4.90 Å².